The molecule has 0 aliphatic carbocycles. The Morgan fingerprint density at radius 1 is 1.43 bits per heavy atom. The van der Waals surface area contributed by atoms with Crippen molar-refractivity contribution < 1.29 is 14.7 Å². The lowest BCUT2D eigenvalue weighted by molar-refractivity contribution is -0.116. The van der Waals surface area contributed by atoms with Crippen LogP contribution >= 0.6 is 11.6 Å². The summed E-state index contributed by atoms with van der Waals surface area (Å²) in [5, 5.41) is 15.2. The van der Waals surface area contributed by atoms with Crippen LogP contribution in [0.4, 0.5) is 5.69 Å². The summed E-state index contributed by atoms with van der Waals surface area (Å²) in [6, 6.07) is 4.28. The topological polar surface area (TPSA) is 78.4 Å². The molecule has 21 heavy (non-hydrogen) atoms. The van der Waals surface area contributed by atoms with Crippen LogP contribution in [0.15, 0.2) is 18.2 Å². The van der Waals surface area contributed by atoms with E-state index in [0.717, 1.165) is 32.4 Å². The molecule has 1 fully saturated rings. The number of piperidine rings is 1. The summed E-state index contributed by atoms with van der Waals surface area (Å²) in [5.41, 5.74) is 0.555. The first-order chi connectivity index (χ1) is 10.1. The van der Waals surface area contributed by atoms with Crippen LogP contribution in [-0.4, -0.2) is 30.1 Å². The van der Waals surface area contributed by atoms with Crippen LogP contribution in [0.25, 0.3) is 0 Å². The van der Waals surface area contributed by atoms with E-state index in [1.54, 1.807) is 0 Å². The van der Waals surface area contributed by atoms with Gasteiger partial charge in [0.25, 0.3) is 0 Å². The van der Waals surface area contributed by atoms with E-state index in [4.69, 9.17) is 16.7 Å². The van der Waals surface area contributed by atoms with Crippen molar-refractivity contribution in [2.75, 3.05) is 18.4 Å². The number of hydrogen-bond donors (Lipinski definition) is 3. The lowest BCUT2D eigenvalue weighted by Gasteiger charge is -2.22. The lowest BCUT2D eigenvalue weighted by Crippen LogP contribution is -2.30. The summed E-state index contributed by atoms with van der Waals surface area (Å²) in [6.45, 7) is 2.04. The maximum atomic E-state index is 11.9. The third kappa shape index (κ3) is 4.72. The molecule has 1 aromatic carbocycles. The average Bonchev–Trinajstić information content (AvgIpc) is 2.48. The lowest BCUT2D eigenvalue weighted by atomic mass is 9.94. The van der Waals surface area contributed by atoms with Crippen molar-refractivity contribution in [2.24, 2.45) is 5.92 Å². The van der Waals surface area contributed by atoms with E-state index in [1.807, 2.05) is 0 Å². The van der Waals surface area contributed by atoms with E-state index >= 15 is 0 Å². The highest BCUT2D eigenvalue weighted by Gasteiger charge is 2.15. The number of carbonyl (C=O) groups is 2. The number of benzene rings is 1. The van der Waals surface area contributed by atoms with Gasteiger partial charge >= 0.3 is 5.97 Å². The molecule has 1 heterocycles. The maximum absolute atomic E-state index is 11.9. The standard InChI is InChI=1S/C15H19ClN2O3/c16-12-8-11(15(20)21)4-5-13(12)18-14(19)6-3-10-2-1-7-17-9-10/h4-5,8,10,17H,1-3,6-7,9H2,(H,18,19)(H,20,21). The van der Waals surface area contributed by atoms with Gasteiger partial charge in [0, 0.05) is 6.42 Å². The molecule has 3 N–H and O–H groups in total. The van der Waals surface area contributed by atoms with Crippen molar-refractivity contribution in [3.05, 3.63) is 28.8 Å². The number of carboxylic acids is 1. The summed E-state index contributed by atoms with van der Waals surface area (Å²) in [4.78, 5) is 22.7. The number of anilines is 1. The number of rotatable bonds is 5. The van der Waals surface area contributed by atoms with Crippen LogP contribution in [-0.2, 0) is 4.79 Å². The van der Waals surface area contributed by atoms with Gasteiger partial charge in [-0.3, -0.25) is 4.79 Å². The predicted molar refractivity (Wildman–Crippen MR) is 81.9 cm³/mol. The highest BCUT2D eigenvalue weighted by atomic mass is 35.5. The van der Waals surface area contributed by atoms with Crippen LogP contribution in [0.5, 0.6) is 0 Å². The number of hydrogen-bond acceptors (Lipinski definition) is 3. The molecule has 0 spiro atoms. The molecule has 1 saturated heterocycles. The van der Waals surface area contributed by atoms with Gasteiger partial charge in [0.05, 0.1) is 16.3 Å². The van der Waals surface area contributed by atoms with E-state index < -0.39 is 5.97 Å². The fourth-order valence-corrected chi connectivity index (χ4v) is 2.70. The van der Waals surface area contributed by atoms with Gasteiger partial charge < -0.3 is 15.7 Å². The van der Waals surface area contributed by atoms with Gasteiger partial charge in [0.15, 0.2) is 0 Å². The Hall–Kier alpha value is -1.59. The second-order valence-corrected chi connectivity index (χ2v) is 5.71. The largest absolute Gasteiger partial charge is 0.478 e. The van der Waals surface area contributed by atoms with Crippen LogP contribution in [0.1, 0.15) is 36.0 Å². The average molecular weight is 311 g/mol. The van der Waals surface area contributed by atoms with E-state index in [1.165, 1.54) is 18.2 Å². The third-order valence-corrected chi connectivity index (χ3v) is 3.98. The molecule has 1 amide bonds. The minimum Gasteiger partial charge on any atom is -0.478 e. The molecule has 0 saturated carbocycles. The smallest absolute Gasteiger partial charge is 0.335 e. The minimum atomic E-state index is -1.04. The van der Waals surface area contributed by atoms with E-state index in [9.17, 15) is 9.59 Å². The highest BCUT2D eigenvalue weighted by molar-refractivity contribution is 6.34. The number of aromatic carboxylic acids is 1. The van der Waals surface area contributed by atoms with Gasteiger partial charge in [0.1, 0.15) is 0 Å². The molecule has 114 valence electrons. The molecular weight excluding hydrogens is 292 g/mol. The summed E-state index contributed by atoms with van der Waals surface area (Å²) in [5.74, 6) is -0.584. The first kappa shape index (κ1) is 15.8. The monoisotopic (exact) mass is 310 g/mol. The summed E-state index contributed by atoms with van der Waals surface area (Å²) >= 11 is 5.98. The van der Waals surface area contributed by atoms with Crippen LogP contribution in [0.2, 0.25) is 5.02 Å². The zero-order valence-electron chi connectivity index (χ0n) is 11.7. The van der Waals surface area contributed by atoms with Gasteiger partial charge in [-0.25, -0.2) is 4.79 Å². The van der Waals surface area contributed by atoms with Crippen molar-refractivity contribution in [3.63, 3.8) is 0 Å². The molecule has 1 atom stereocenters. The molecule has 0 aromatic heterocycles. The van der Waals surface area contributed by atoms with Gasteiger partial charge in [-0.15, -0.1) is 0 Å². The molecule has 2 rings (SSSR count). The Labute approximate surface area is 128 Å². The number of nitrogens with one attached hydrogen (secondary N) is 2. The van der Waals surface area contributed by atoms with Crippen LogP contribution in [0, 0.1) is 5.92 Å². The highest BCUT2D eigenvalue weighted by Crippen LogP contribution is 2.24. The molecular formula is C15H19ClN2O3. The first-order valence-electron chi connectivity index (χ1n) is 7.09. The van der Waals surface area contributed by atoms with Crippen molar-refractivity contribution in [3.8, 4) is 0 Å². The first-order valence-corrected chi connectivity index (χ1v) is 7.47. The Kier molecular flexibility index (Phi) is 5.59. The predicted octanol–water partition coefficient (Wildman–Crippen LogP) is 2.76. The normalized spacial score (nSPS) is 18.2. The van der Waals surface area contributed by atoms with Crippen LogP contribution in [0.3, 0.4) is 0 Å². The molecule has 0 radical (unpaired) electrons. The summed E-state index contributed by atoms with van der Waals surface area (Å²) < 4.78 is 0. The Balaban J connectivity index is 1.85. The summed E-state index contributed by atoms with van der Waals surface area (Å²) in [6.07, 6.45) is 3.62. The minimum absolute atomic E-state index is 0.0921. The van der Waals surface area contributed by atoms with E-state index in [0.29, 0.717) is 18.0 Å². The SMILES string of the molecule is O=C(CCC1CCCNC1)Nc1ccc(C(=O)O)cc1Cl. The van der Waals surface area contributed by atoms with Crippen molar-refractivity contribution in [1.29, 1.82) is 0 Å². The van der Waals surface area contributed by atoms with E-state index in [2.05, 4.69) is 10.6 Å². The number of amides is 1. The molecule has 1 unspecified atom stereocenters. The van der Waals surface area contributed by atoms with Gasteiger partial charge in [-0.1, -0.05) is 11.6 Å². The van der Waals surface area contributed by atoms with Crippen molar-refractivity contribution in [2.45, 2.75) is 25.7 Å². The fourth-order valence-electron chi connectivity index (χ4n) is 2.47. The van der Waals surface area contributed by atoms with Crippen LogP contribution < -0.4 is 10.6 Å². The molecule has 1 aromatic rings. The fraction of sp³-hybridized carbons (Fsp3) is 0.467. The number of carboxylic acid groups (broad SMARTS) is 1. The second kappa shape index (κ2) is 7.43. The van der Waals surface area contributed by atoms with E-state index in [-0.39, 0.29) is 16.5 Å². The molecule has 6 heteroatoms. The quantitative estimate of drug-likeness (QED) is 0.781. The van der Waals surface area contributed by atoms with Gasteiger partial charge in [-0.2, -0.15) is 0 Å². The number of carbonyl (C=O) groups excluding carboxylic acids is 1. The third-order valence-electron chi connectivity index (χ3n) is 3.67. The van der Waals surface area contributed by atoms with Gasteiger partial charge in [-0.05, 0) is 56.5 Å². The zero-order valence-corrected chi connectivity index (χ0v) is 12.4. The Morgan fingerprint density at radius 2 is 2.24 bits per heavy atom. The van der Waals surface area contributed by atoms with Gasteiger partial charge in [0.2, 0.25) is 5.91 Å². The molecule has 5 nitrogen and oxygen atoms in total. The Bertz CT molecular complexity index is 528. The Morgan fingerprint density at radius 3 is 2.86 bits per heavy atom. The second-order valence-electron chi connectivity index (χ2n) is 5.30. The summed E-state index contributed by atoms with van der Waals surface area (Å²) in [7, 11) is 0. The zero-order chi connectivity index (χ0) is 15.2. The maximum Gasteiger partial charge on any atom is 0.335 e. The molecule has 0 bridgehead atoms. The van der Waals surface area contributed by atoms with Crippen molar-refractivity contribution >= 4 is 29.2 Å². The molecule has 1 aliphatic heterocycles. The number of halogens is 1. The van der Waals surface area contributed by atoms with Crippen molar-refractivity contribution in [1.82, 2.24) is 5.32 Å². The molecule has 1 aliphatic rings.